The van der Waals surface area contributed by atoms with Gasteiger partial charge in [-0.05, 0) is 30.3 Å². The van der Waals surface area contributed by atoms with Crippen LogP contribution in [0.2, 0.25) is 0 Å². The zero-order chi connectivity index (χ0) is 22.7. The summed E-state index contributed by atoms with van der Waals surface area (Å²) in [5.41, 5.74) is 0.848. The fourth-order valence-corrected chi connectivity index (χ4v) is 5.53. The van der Waals surface area contributed by atoms with Crippen molar-refractivity contribution >= 4 is 32.4 Å². The Kier molecular flexibility index (Phi) is 6.60. The van der Waals surface area contributed by atoms with E-state index in [1.165, 1.54) is 21.7 Å². The van der Waals surface area contributed by atoms with E-state index < -0.39 is 21.7 Å². The molecule has 168 valence electrons. The number of aromatic nitrogens is 1. The minimum absolute atomic E-state index is 0.0965. The number of sulfonamides is 1. The third-order valence-corrected chi connectivity index (χ3v) is 7.72. The van der Waals surface area contributed by atoms with Gasteiger partial charge in [-0.2, -0.15) is 4.31 Å². The molecule has 3 aromatic rings. The summed E-state index contributed by atoms with van der Waals surface area (Å²) in [6.07, 6.45) is 0. The largest absolute Gasteiger partial charge is 0.301 e. The number of hydrogen-bond acceptors (Lipinski definition) is 6. The monoisotopic (exact) mass is 478 g/mol. The lowest BCUT2D eigenvalue weighted by Crippen LogP contribution is -2.50. The van der Waals surface area contributed by atoms with Crippen LogP contribution in [0.3, 0.4) is 0 Å². The summed E-state index contributed by atoms with van der Waals surface area (Å²) in [6, 6.07) is 11.8. The van der Waals surface area contributed by atoms with E-state index in [1.807, 2.05) is 4.90 Å². The van der Waals surface area contributed by atoms with Crippen LogP contribution in [0.5, 0.6) is 0 Å². The fourth-order valence-electron chi connectivity index (χ4n) is 3.35. The minimum atomic E-state index is -3.54. The van der Waals surface area contributed by atoms with Crippen LogP contribution in [0.25, 0.3) is 11.3 Å². The van der Waals surface area contributed by atoms with E-state index in [0.717, 1.165) is 12.1 Å². The maximum absolute atomic E-state index is 13.4. The molecule has 4 rings (SSSR count). The minimum Gasteiger partial charge on any atom is -0.301 e. The summed E-state index contributed by atoms with van der Waals surface area (Å²) in [4.78, 5) is 18.8. The van der Waals surface area contributed by atoms with Crippen LogP contribution in [-0.2, 0) is 14.8 Å². The first-order chi connectivity index (χ1) is 15.3. The number of carbonyl (C=O) groups excluding carboxylic acids is 1. The number of hydrogen-bond donors (Lipinski definition) is 1. The van der Waals surface area contributed by atoms with Gasteiger partial charge in [0.15, 0.2) is 16.8 Å². The maximum atomic E-state index is 13.4. The molecule has 0 radical (unpaired) electrons. The van der Waals surface area contributed by atoms with Gasteiger partial charge in [-0.1, -0.05) is 18.2 Å². The summed E-state index contributed by atoms with van der Waals surface area (Å²) in [5.74, 6) is -2.18. The Morgan fingerprint density at radius 2 is 1.75 bits per heavy atom. The van der Waals surface area contributed by atoms with Crippen LogP contribution in [0, 0.1) is 11.6 Å². The molecule has 11 heteroatoms. The van der Waals surface area contributed by atoms with Gasteiger partial charge in [0.25, 0.3) is 0 Å². The quantitative estimate of drug-likeness (QED) is 0.589. The third kappa shape index (κ3) is 5.01. The van der Waals surface area contributed by atoms with Crippen LogP contribution >= 0.6 is 11.3 Å². The smallest absolute Gasteiger partial charge is 0.243 e. The number of thiazole rings is 1. The van der Waals surface area contributed by atoms with E-state index in [9.17, 15) is 22.0 Å². The summed E-state index contributed by atoms with van der Waals surface area (Å²) >= 11 is 1.18. The van der Waals surface area contributed by atoms with Crippen LogP contribution in [-0.4, -0.2) is 61.2 Å². The Balaban J connectivity index is 1.30. The van der Waals surface area contributed by atoms with Crippen molar-refractivity contribution in [2.24, 2.45) is 0 Å². The standard InChI is InChI=1S/C21H20F2N4O3S2/c22-17-7-6-15(12-18(17)23)19-14-31-21(24-19)25-20(28)13-26-8-10-27(11-9-26)32(29,30)16-4-2-1-3-5-16/h1-7,12,14H,8-11,13H2,(H,24,25,28). The fraction of sp³-hybridized carbons (Fsp3) is 0.238. The average molecular weight is 479 g/mol. The Bertz CT molecular complexity index is 1210. The molecular weight excluding hydrogens is 458 g/mol. The predicted molar refractivity (Wildman–Crippen MR) is 118 cm³/mol. The molecule has 1 amide bonds. The van der Waals surface area contributed by atoms with Crippen LogP contribution < -0.4 is 5.32 Å². The number of piperazine rings is 1. The molecule has 0 saturated carbocycles. The SMILES string of the molecule is O=C(CN1CCN(S(=O)(=O)c2ccccc2)CC1)Nc1nc(-c2ccc(F)c(F)c2)cs1. The van der Waals surface area contributed by atoms with Gasteiger partial charge in [0.1, 0.15) is 0 Å². The number of rotatable bonds is 6. The van der Waals surface area contributed by atoms with Crippen LogP contribution in [0.1, 0.15) is 0 Å². The number of amides is 1. The van der Waals surface area contributed by atoms with Crippen molar-refractivity contribution in [3.05, 3.63) is 65.5 Å². The summed E-state index contributed by atoms with van der Waals surface area (Å²) in [6.45, 7) is 1.54. The second kappa shape index (κ2) is 9.41. The van der Waals surface area contributed by atoms with Gasteiger partial charge in [0, 0.05) is 37.1 Å². The zero-order valence-electron chi connectivity index (χ0n) is 16.9. The number of carbonyl (C=O) groups is 1. The highest BCUT2D eigenvalue weighted by Gasteiger charge is 2.29. The van der Waals surface area contributed by atoms with Crippen molar-refractivity contribution in [2.75, 3.05) is 38.0 Å². The average Bonchev–Trinajstić information content (AvgIpc) is 3.25. The Labute approximate surface area is 188 Å². The first-order valence-corrected chi connectivity index (χ1v) is 12.1. The predicted octanol–water partition coefficient (Wildman–Crippen LogP) is 3.03. The lowest BCUT2D eigenvalue weighted by molar-refractivity contribution is -0.117. The maximum Gasteiger partial charge on any atom is 0.243 e. The van der Waals surface area contributed by atoms with Crippen molar-refractivity contribution in [3.8, 4) is 11.3 Å². The molecule has 1 saturated heterocycles. The molecule has 1 fully saturated rings. The first-order valence-electron chi connectivity index (χ1n) is 9.81. The summed E-state index contributed by atoms with van der Waals surface area (Å²) in [7, 11) is -3.54. The lowest BCUT2D eigenvalue weighted by Gasteiger charge is -2.33. The van der Waals surface area contributed by atoms with Gasteiger partial charge in [0.2, 0.25) is 15.9 Å². The van der Waals surface area contributed by atoms with E-state index in [4.69, 9.17) is 0 Å². The van der Waals surface area contributed by atoms with Crippen molar-refractivity contribution in [1.29, 1.82) is 0 Å². The molecular formula is C21H20F2N4O3S2. The van der Waals surface area contributed by atoms with Gasteiger partial charge in [-0.25, -0.2) is 22.2 Å². The molecule has 0 bridgehead atoms. The van der Waals surface area contributed by atoms with E-state index in [0.29, 0.717) is 42.6 Å². The molecule has 7 nitrogen and oxygen atoms in total. The van der Waals surface area contributed by atoms with E-state index >= 15 is 0 Å². The number of halogens is 2. The number of nitrogens with one attached hydrogen (secondary N) is 1. The van der Waals surface area contributed by atoms with Gasteiger partial charge in [0.05, 0.1) is 17.1 Å². The Hall–Kier alpha value is -2.73. The van der Waals surface area contributed by atoms with Gasteiger partial charge in [-0.15, -0.1) is 11.3 Å². The number of nitrogens with zero attached hydrogens (tertiary/aromatic N) is 3. The number of benzene rings is 2. The molecule has 32 heavy (non-hydrogen) atoms. The highest BCUT2D eigenvalue weighted by atomic mass is 32.2. The molecule has 2 heterocycles. The van der Waals surface area contributed by atoms with Crippen molar-refractivity contribution in [3.63, 3.8) is 0 Å². The Morgan fingerprint density at radius 1 is 1.03 bits per heavy atom. The molecule has 1 N–H and O–H groups in total. The molecule has 0 unspecified atom stereocenters. The van der Waals surface area contributed by atoms with E-state index in [2.05, 4.69) is 10.3 Å². The van der Waals surface area contributed by atoms with Gasteiger partial charge in [-0.3, -0.25) is 9.69 Å². The highest BCUT2D eigenvalue weighted by Crippen LogP contribution is 2.26. The van der Waals surface area contributed by atoms with Crippen LogP contribution in [0.4, 0.5) is 13.9 Å². The second-order valence-electron chi connectivity index (χ2n) is 7.21. The van der Waals surface area contributed by atoms with Crippen LogP contribution in [0.15, 0.2) is 58.8 Å². The molecule has 1 aromatic heterocycles. The molecule has 1 aliphatic heterocycles. The zero-order valence-corrected chi connectivity index (χ0v) is 18.5. The summed E-state index contributed by atoms with van der Waals surface area (Å²) in [5, 5.41) is 4.70. The third-order valence-electron chi connectivity index (χ3n) is 5.05. The topological polar surface area (TPSA) is 82.6 Å². The van der Waals surface area contributed by atoms with E-state index in [1.54, 1.807) is 35.7 Å². The number of anilines is 1. The Morgan fingerprint density at radius 3 is 2.44 bits per heavy atom. The normalized spacial score (nSPS) is 15.6. The molecule has 0 spiro atoms. The van der Waals surface area contributed by atoms with Gasteiger partial charge >= 0.3 is 0 Å². The molecule has 2 aromatic carbocycles. The molecule has 0 aliphatic carbocycles. The second-order valence-corrected chi connectivity index (χ2v) is 10.0. The molecule has 1 aliphatic rings. The lowest BCUT2D eigenvalue weighted by atomic mass is 10.2. The van der Waals surface area contributed by atoms with Crippen molar-refractivity contribution in [1.82, 2.24) is 14.2 Å². The van der Waals surface area contributed by atoms with Crippen molar-refractivity contribution in [2.45, 2.75) is 4.90 Å². The van der Waals surface area contributed by atoms with E-state index in [-0.39, 0.29) is 17.3 Å². The summed E-state index contributed by atoms with van der Waals surface area (Å²) < 4.78 is 53.3. The van der Waals surface area contributed by atoms with Crippen molar-refractivity contribution < 1.29 is 22.0 Å². The first kappa shape index (κ1) is 22.5. The highest BCUT2D eigenvalue weighted by molar-refractivity contribution is 7.89. The van der Waals surface area contributed by atoms with Gasteiger partial charge < -0.3 is 5.32 Å². The molecule has 0 atom stereocenters.